The predicted molar refractivity (Wildman–Crippen MR) is 138 cm³/mol. The van der Waals surface area contributed by atoms with Crippen LogP contribution in [0.5, 0.6) is 0 Å². The Balaban J connectivity index is 1.68. The number of nitrogens with one attached hydrogen (secondary N) is 1. The lowest BCUT2D eigenvalue weighted by Gasteiger charge is -2.19. The summed E-state index contributed by atoms with van der Waals surface area (Å²) in [6, 6.07) is 14.9. The summed E-state index contributed by atoms with van der Waals surface area (Å²) in [6.45, 7) is 5.68. The molecule has 0 spiro atoms. The van der Waals surface area contributed by atoms with E-state index in [1.807, 2.05) is 51.2 Å². The van der Waals surface area contributed by atoms with Crippen molar-refractivity contribution in [2.45, 2.75) is 26.8 Å². The lowest BCUT2D eigenvalue weighted by Crippen LogP contribution is -2.13. The molecule has 2 aromatic carbocycles. The average Bonchev–Trinajstić information content (AvgIpc) is 3.22. The van der Waals surface area contributed by atoms with Crippen molar-refractivity contribution in [3.05, 3.63) is 86.4 Å². The van der Waals surface area contributed by atoms with E-state index in [-0.39, 0.29) is 22.3 Å². The Kier molecular flexibility index (Phi) is 5.54. The first-order valence-electron chi connectivity index (χ1n) is 11.1. The van der Waals surface area contributed by atoms with Crippen LogP contribution < -0.4 is 10.7 Å². The maximum Gasteiger partial charge on any atom is 0.196 e. The molecule has 0 aliphatic heterocycles. The topological polar surface area (TPSA) is 96.7 Å². The van der Waals surface area contributed by atoms with Gasteiger partial charge in [-0.2, -0.15) is 10.4 Å². The second-order valence-corrected chi connectivity index (χ2v) is 9.05. The number of fused-ring (bicyclic) bond motifs is 2. The number of aromatic nitrogens is 3. The van der Waals surface area contributed by atoms with Gasteiger partial charge in [0.2, 0.25) is 0 Å². The Morgan fingerprint density at radius 1 is 1.17 bits per heavy atom. The average molecular weight is 484 g/mol. The van der Waals surface area contributed by atoms with E-state index in [2.05, 4.69) is 21.5 Å². The van der Waals surface area contributed by atoms with Gasteiger partial charge in [0, 0.05) is 29.1 Å². The number of nitrogens with zero attached hydrogens (tertiary/aromatic N) is 4. The maximum absolute atomic E-state index is 13.4. The van der Waals surface area contributed by atoms with E-state index in [1.165, 1.54) is 0 Å². The normalized spacial score (nSPS) is 12.1. The first-order valence-corrected chi connectivity index (χ1v) is 11.5. The van der Waals surface area contributed by atoms with Crippen molar-refractivity contribution < 1.29 is 4.42 Å². The highest BCUT2D eigenvalue weighted by molar-refractivity contribution is 6.29. The summed E-state index contributed by atoms with van der Waals surface area (Å²) >= 11 is 5.95. The van der Waals surface area contributed by atoms with E-state index in [4.69, 9.17) is 16.0 Å². The van der Waals surface area contributed by atoms with E-state index in [9.17, 15) is 10.1 Å². The summed E-state index contributed by atoms with van der Waals surface area (Å²) in [7, 11) is 1.89. The molecule has 1 N–H and O–H groups in total. The molecule has 0 amide bonds. The van der Waals surface area contributed by atoms with Crippen molar-refractivity contribution in [3.63, 3.8) is 0 Å². The highest BCUT2D eigenvalue weighted by Gasteiger charge is 2.20. The lowest BCUT2D eigenvalue weighted by molar-refractivity contribution is 0.605. The summed E-state index contributed by atoms with van der Waals surface area (Å²) in [5.41, 5.74) is 5.28. The monoisotopic (exact) mass is 483 g/mol. The van der Waals surface area contributed by atoms with Gasteiger partial charge in [-0.3, -0.25) is 9.48 Å². The minimum Gasteiger partial charge on any atom is -0.455 e. The molecule has 8 heteroatoms. The standard InChI is InChI=1S/C27H22ClN5O2/c1-14-9-19(16(3)31-21-6-8-24(28)32-22(21)12-29)27-20(10-14)25(34)15(2)26(35-27)17-5-7-23-18(11-17)13-30-33(23)4/h5-11,13,16,31H,1-4H3. The van der Waals surface area contributed by atoms with Gasteiger partial charge in [-0.1, -0.05) is 17.7 Å². The van der Waals surface area contributed by atoms with Crippen molar-refractivity contribution in [2.75, 3.05) is 5.32 Å². The number of halogens is 1. The summed E-state index contributed by atoms with van der Waals surface area (Å²) in [5, 5.41) is 18.8. The Bertz CT molecular complexity index is 1730. The summed E-state index contributed by atoms with van der Waals surface area (Å²) in [5.74, 6) is 0.524. The van der Waals surface area contributed by atoms with Gasteiger partial charge in [-0.25, -0.2) is 4.98 Å². The fourth-order valence-electron chi connectivity index (χ4n) is 4.42. The van der Waals surface area contributed by atoms with E-state index >= 15 is 0 Å². The van der Waals surface area contributed by atoms with Crippen LogP contribution in [0.2, 0.25) is 5.15 Å². The van der Waals surface area contributed by atoms with Crippen molar-refractivity contribution in [1.82, 2.24) is 14.8 Å². The zero-order valence-electron chi connectivity index (χ0n) is 19.7. The maximum atomic E-state index is 13.4. The highest BCUT2D eigenvalue weighted by atomic mass is 35.5. The second-order valence-electron chi connectivity index (χ2n) is 8.67. The van der Waals surface area contributed by atoms with Gasteiger partial charge < -0.3 is 9.73 Å². The molecule has 7 nitrogen and oxygen atoms in total. The van der Waals surface area contributed by atoms with Crippen LogP contribution >= 0.6 is 11.6 Å². The molecule has 3 aromatic heterocycles. The molecule has 0 aliphatic rings. The molecule has 1 atom stereocenters. The third-order valence-electron chi connectivity index (χ3n) is 6.21. The molecule has 0 fully saturated rings. The van der Waals surface area contributed by atoms with E-state index in [0.717, 1.165) is 27.6 Å². The number of hydrogen-bond acceptors (Lipinski definition) is 6. The molecule has 0 aliphatic carbocycles. The molecule has 174 valence electrons. The molecule has 3 heterocycles. The predicted octanol–water partition coefficient (Wildman–Crippen LogP) is 6.06. The SMILES string of the molecule is Cc1cc(C(C)Nc2ccc(Cl)nc2C#N)c2oc(-c3ccc4c(cnn4C)c3)c(C)c(=O)c2c1. The number of hydrogen-bond donors (Lipinski definition) is 1. The van der Waals surface area contributed by atoms with Crippen LogP contribution in [0.3, 0.4) is 0 Å². The smallest absolute Gasteiger partial charge is 0.196 e. The molecular formula is C27H22ClN5O2. The number of aryl methyl sites for hydroxylation is 2. The van der Waals surface area contributed by atoms with Gasteiger partial charge in [0.25, 0.3) is 0 Å². The van der Waals surface area contributed by atoms with Gasteiger partial charge in [-0.05, 0) is 62.7 Å². The zero-order valence-corrected chi connectivity index (χ0v) is 20.4. The Morgan fingerprint density at radius 3 is 2.74 bits per heavy atom. The van der Waals surface area contributed by atoms with Crippen molar-refractivity contribution in [3.8, 4) is 17.4 Å². The number of pyridine rings is 1. The van der Waals surface area contributed by atoms with Gasteiger partial charge in [0.15, 0.2) is 11.1 Å². The second kappa shape index (κ2) is 8.57. The van der Waals surface area contributed by atoms with Crippen LogP contribution in [0.15, 0.2) is 57.9 Å². The zero-order chi connectivity index (χ0) is 24.9. The third kappa shape index (κ3) is 3.92. The number of rotatable bonds is 4. The molecule has 0 radical (unpaired) electrons. The largest absolute Gasteiger partial charge is 0.455 e. The summed E-state index contributed by atoms with van der Waals surface area (Å²) in [4.78, 5) is 17.5. The first kappa shape index (κ1) is 22.6. The van der Waals surface area contributed by atoms with Crippen LogP contribution in [-0.2, 0) is 7.05 Å². The molecule has 0 saturated carbocycles. The van der Waals surface area contributed by atoms with E-state index in [1.54, 1.807) is 29.9 Å². The molecule has 0 bridgehead atoms. The Hall–Kier alpha value is -4.15. The van der Waals surface area contributed by atoms with Crippen LogP contribution in [0.4, 0.5) is 5.69 Å². The van der Waals surface area contributed by atoms with E-state index < -0.39 is 0 Å². The number of nitriles is 1. The first-order chi connectivity index (χ1) is 16.8. The minimum atomic E-state index is -0.285. The Labute approximate surface area is 206 Å². The number of anilines is 1. The van der Waals surface area contributed by atoms with Gasteiger partial charge in [-0.15, -0.1) is 0 Å². The quantitative estimate of drug-likeness (QED) is 0.312. The molecule has 5 aromatic rings. The van der Waals surface area contributed by atoms with Crippen molar-refractivity contribution in [2.24, 2.45) is 7.05 Å². The van der Waals surface area contributed by atoms with Crippen molar-refractivity contribution in [1.29, 1.82) is 5.26 Å². The van der Waals surface area contributed by atoms with Gasteiger partial charge >= 0.3 is 0 Å². The highest BCUT2D eigenvalue weighted by Crippen LogP contribution is 2.33. The van der Waals surface area contributed by atoms with Crippen LogP contribution in [0.25, 0.3) is 33.2 Å². The summed E-state index contributed by atoms with van der Waals surface area (Å²) < 4.78 is 8.27. The molecule has 1 unspecified atom stereocenters. The summed E-state index contributed by atoms with van der Waals surface area (Å²) in [6.07, 6.45) is 1.79. The molecule has 35 heavy (non-hydrogen) atoms. The van der Waals surface area contributed by atoms with Gasteiger partial charge in [0.05, 0.1) is 28.8 Å². The van der Waals surface area contributed by atoms with Crippen LogP contribution in [0.1, 0.15) is 35.3 Å². The van der Waals surface area contributed by atoms with Crippen LogP contribution in [-0.4, -0.2) is 14.8 Å². The fourth-order valence-corrected chi connectivity index (χ4v) is 4.56. The van der Waals surface area contributed by atoms with Crippen molar-refractivity contribution >= 4 is 39.2 Å². The van der Waals surface area contributed by atoms with Gasteiger partial charge in [0.1, 0.15) is 22.6 Å². The molecule has 5 rings (SSSR count). The van der Waals surface area contributed by atoms with Crippen LogP contribution in [0, 0.1) is 25.2 Å². The fraction of sp³-hybridized carbons (Fsp3) is 0.185. The minimum absolute atomic E-state index is 0.0736. The third-order valence-corrected chi connectivity index (χ3v) is 6.42. The lowest BCUT2D eigenvalue weighted by atomic mass is 9.98. The Morgan fingerprint density at radius 2 is 1.97 bits per heavy atom. The number of benzene rings is 2. The van der Waals surface area contributed by atoms with E-state index in [0.29, 0.717) is 28.0 Å². The molecule has 0 saturated heterocycles. The molecular weight excluding hydrogens is 462 g/mol.